The van der Waals surface area contributed by atoms with E-state index in [0.717, 1.165) is 46.1 Å². The summed E-state index contributed by atoms with van der Waals surface area (Å²) in [5, 5.41) is 7.68. The molecule has 2 aliphatic heterocycles. The third-order valence-corrected chi connectivity index (χ3v) is 5.79. The Bertz CT molecular complexity index is 1110. The summed E-state index contributed by atoms with van der Waals surface area (Å²) in [6.07, 6.45) is 0.376. The Labute approximate surface area is 180 Å². The van der Waals surface area contributed by atoms with Crippen LogP contribution in [-0.4, -0.2) is 24.9 Å². The molecule has 0 aromatic heterocycles. The highest BCUT2D eigenvalue weighted by Gasteiger charge is 2.42. The number of benzene rings is 3. The van der Waals surface area contributed by atoms with E-state index in [-0.39, 0.29) is 6.04 Å². The van der Waals surface area contributed by atoms with Crippen molar-refractivity contribution in [1.29, 1.82) is 0 Å². The number of hydrogen-bond donors (Lipinski definition) is 0. The van der Waals surface area contributed by atoms with Gasteiger partial charge in [-0.1, -0.05) is 35.9 Å². The van der Waals surface area contributed by atoms with E-state index in [2.05, 4.69) is 6.07 Å². The third kappa shape index (κ3) is 3.15. The molecule has 5 nitrogen and oxygen atoms in total. The minimum atomic E-state index is -0.395. The van der Waals surface area contributed by atoms with Gasteiger partial charge in [0.2, 0.25) is 6.23 Å². The second-order valence-electron chi connectivity index (χ2n) is 7.28. The molecule has 5 rings (SSSR count). The Kier molecular flexibility index (Phi) is 4.75. The van der Waals surface area contributed by atoms with Crippen LogP contribution in [-0.2, 0) is 0 Å². The van der Waals surface area contributed by atoms with Crippen molar-refractivity contribution in [2.75, 3.05) is 14.2 Å². The fraction of sp³-hybridized carbons (Fsp3) is 0.208. The number of hydrogen-bond acceptors (Lipinski definition) is 5. The second kappa shape index (κ2) is 7.58. The average Bonchev–Trinajstić information content (AvgIpc) is 3.24. The van der Waals surface area contributed by atoms with Crippen LogP contribution in [0.25, 0.3) is 0 Å². The number of para-hydroxylation sites is 1. The third-order valence-electron chi connectivity index (χ3n) is 5.56. The van der Waals surface area contributed by atoms with Crippen LogP contribution < -0.4 is 14.2 Å². The molecule has 0 amide bonds. The van der Waals surface area contributed by atoms with Crippen molar-refractivity contribution >= 4 is 17.3 Å². The molecule has 2 unspecified atom stereocenters. The highest BCUT2D eigenvalue weighted by molar-refractivity contribution is 6.30. The molecule has 0 radical (unpaired) electrons. The molecule has 3 aromatic rings. The number of hydrazone groups is 1. The molecule has 2 aliphatic rings. The summed E-state index contributed by atoms with van der Waals surface area (Å²) in [7, 11) is 3.33. The first kappa shape index (κ1) is 18.8. The quantitative estimate of drug-likeness (QED) is 0.551. The predicted octanol–water partition coefficient (Wildman–Crippen LogP) is 5.60. The highest BCUT2D eigenvalue weighted by Crippen LogP contribution is 2.50. The number of nitrogens with zero attached hydrogens (tertiary/aromatic N) is 2. The van der Waals surface area contributed by atoms with Gasteiger partial charge in [0.05, 0.1) is 26.0 Å². The van der Waals surface area contributed by atoms with Crippen LogP contribution >= 0.6 is 11.6 Å². The standard InChI is InChI=1S/C24H21ClN2O3/c1-28-18-11-9-15(10-12-18)20-14-21-19-7-4-8-22(29-2)23(19)30-24(27(21)26-20)16-5-3-6-17(25)13-16/h3-13,21,24H,14H2,1-2H3. The summed E-state index contributed by atoms with van der Waals surface area (Å²) in [6.45, 7) is 0. The molecule has 30 heavy (non-hydrogen) atoms. The van der Waals surface area contributed by atoms with Gasteiger partial charge in [0.1, 0.15) is 5.75 Å². The Balaban J connectivity index is 1.60. The normalized spacial score (nSPS) is 19.4. The molecule has 152 valence electrons. The number of rotatable bonds is 4. The molecular formula is C24H21ClN2O3. The van der Waals surface area contributed by atoms with Gasteiger partial charge in [0.25, 0.3) is 0 Å². The molecule has 0 saturated carbocycles. The van der Waals surface area contributed by atoms with Crippen LogP contribution in [0.15, 0.2) is 71.8 Å². The summed E-state index contributed by atoms with van der Waals surface area (Å²) in [6, 6.07) is 21.7. The van der Waals surface area contributed by atoms with E-state index in [1.54, 1.807) is 14.2 Å². The maximum atomic E-state index is 6.44. The van der Waals surface area contributed by atoms with Gasteiger partial charge >= 0.3 is 0 Å². The van der Waals surface area contributed by atoms with E-state index < -0.39 is 6.23 Å². The molecule has 6 heteroatoms. The van der Waals surface area contributed by atoms with Gasteiger partial charge in [-0.05, 0) is 48.0 Å². The first-order chi connectivity index (χ1) is 14.7. The zero-order chi connectivity index (χ0) is 20.7. The Morgan fingerprint density at radius 1 is 1.00 bits per heavy atom. The van der Waals surface area contributed by atoms with Gasteiger partial charge in [0, 0.05) is 22.6 Å². The lowest BCUT2D eigenvalue weighted by atomic mass is 9.95. The maximum absolute atomic E-state index is 6.44. The minimum absolute atomic E-state index is 0.0462. The summed E-state index contributed by atoms with van der Waals surface area (Å²) in [5.41, 5.74) is 4.09. The lowest BCUT2D eigenvalue weighted by Gasteiger charge is -2.38. The summed E-state index contributed by atoms with van der Waals surface area (Å²) < 4.78 is 17.3. The number of fused-ring (bicyclic) bond motifs is 3. The van der Waals surface area contributed by atoms with E-state index in [4.69, 9.17) is 30.9 Å². The molecule has 2 heterocycles. The fourth-order valence-electron chi connectivity index (χ4n) is 4.08. The lowest BCUT2D eigenvalue weighted by molar-refractivity contribution is -0.0208. The highest BCUT2D eigenvalue weighted by atomic mass is 35.5. The number of halogens is 1. The van der Waals surface area contributed by atoms with Gasteiger partial charge in [-0.3, -0.25) is 0 Å². The lowest BCUT2D eigenvalue weighted by Crippen LogP contribution is -2.33. The summed E-state index contributed by atoms with van der Waals surface area (Å²) in [4.78, 5) is 0. The van der Waals surface area contributed by atoms with E-state index in [1.807, 2.05) is 65.7 Å². The molecule has 2 atom stereocenters. The molecule has 3 aromatic carbocycles. The van der Waals surface area contributed by atoms with Crippen LogP contribution in [0.1, 0.15) is 35.4 Å². The molecule has 0 spiro atoms. The van der Waals surface area contributed by atoms with Crippen molar-refractivity contribution in [3.63, 3.8) is 0 Å². The van der Waals surface area contributed by atoms with Crippen molar-refractivity contribution in [3.05, 3.63) is 88.4 Å². The number of ether oxygens (including phenoxy) is 3. The minimum Gasteiger partial charge on any atom is -0.497 e. The SMILES string of the molecule is COc1ccc(C2=NN3C(C2)c2cccc(OC)c2OC3c2cccc(Cl)c2)cc1. The maximum Gasteiger partial charge on any atom is 0.214 e. The Morgan fingerprint density at radius 2 is 1.80 bits per heavy atom. The smallest absolute Gasteiger partial charge is 0.214 e. The van der Waals surface area contributed by atoms with Gasteiger partial charge in [-0.15, -0.1) is 0 Å². The van der Waals surface area contributed by atoms with Crippen molar-refractivity contribution in [1.82, 2.24) is 5.01 Å². The largest absolute Gasteiger partial charge is 0.497 e. The average molecular weight is 421 g/mol. The monoisotopic (exact) mass is 420 g/mol. The van der Waals surface area contributed by atoms with E-state index in [1.165, 1.54) is 0 Å². The van der Waals surface area contributed by atoms with Crippen LogP contribution in [0.4, 0.5) is 0 Å². The molecule has 0 aliphatic carbocycles. The van der Waals surface area contributed by atoms with E-state index in [9.17, 15) is 0 Å². The van der Waals surface area contributed by atoms with Crippen LogP contribution in [0.5, 0.6) is 17.2 Å². The van der Waals surface area contributed by atoms with Gasteiger partial charge in [0.15, 0.2) is 11.5 Å². The van der Waals surface area contributed by atoms with Crippen molar-refractivity contribution in [2.45, 2.75) is 18.7 Å². The zero-order valence-corrected chi connectivity index (χ0v) is 17.5. The van der Waals surface area contributed by atoms with E-state index >= 15 is 0 Å². The van der Waals surface area contributed by atoms with Crippen molar-refractivity contribution < 1.29 is 14.2 Å². The first-order valence-electron chi connectivity index (χ1n) is 9.77. The van der Waals surface area contributed by atoms with E-state index in [0.29, 0.717) is 5.02 Å². The predicted molar refractivity (Wildman–Crippen MR) is 117 cm³/mol. The van der Waals surface area contributed by atoms with Gasteiger partial charge in [-0.2, -0.15) is 5.10 Å². The molecule has 0 bridgehead atoms. The van der Waals surface area contributed by atoms with Crippen LogP contribution in [0.3, 0.4) is 0 Å². The first-order valence-corrected chi connectivity index (χ1v) is 10.1. The van der Waals surface area contributed by atoms with Gasteiger partial charge in [-0.25, -0.2) is 5.01 Å². The molecule has 0 N–H and O–H groups in total. The zero-order valence-electron chi connectivity index (χ0n) is 16.7. The van der Waals surface area contributed by atoms with Crippen molar-refractivity contribution in [2.24, 2.45) is 5.10 Å². The van der Waals surface area contributed by atoms with Gasteiger partial charge < -0.3 is 14.2 Å². The summed E-state index contributed by atoms with van der Waals surface area (Å²) >= 11 is 6.27. The Morgan fingerprint density at radius 3 is 2.53 bits per heavy atom. The van der Waals surface area contributed by atoms with Crippen molar-refractivity contribution in [3.8, 4) is 17.2 Å². The molecule has 0 saturated heterocycles. The molecule has 0 fully saturated rings. The Hall–Kier alpha value is -3.18. The van der Waals surface area contributed by atoms with Crippen LogP contribution in [0.2, 0.25) is 5.02 Å². The van der Waals surface area contributed by atoms with Crippen LogP contribution in [0, 0.1) is 0 Å². The fourth-order valence-corrected chi connectivity index (χ4v) is 4.28. The second-order valence-corrected chi connectivity index (χ2v) is 7.72. The topological polar surface area (TPSA) is 43.3 Å². The summed E-state index contributed by atoms with van der Waals surface area (Å²) in [5.74, 6) is 2.31. The molecular weight excluding hydrogens is 400 g/mol. The number of methoxy groups -OCH3 is 2.